The van der Waals surface area contributed by atoms with Gasteiger partial charge in [-0.15, -0.1) is 11.3 Å². The van der Waals surface area contributed by atoms with Crippen LogP contribution in [-0.4, -0.2) is 44.6 Å². The zero-order valence-corrected chi connectivity index (χ0v) is 26.1. The normalized spacial score (nSPS) is 19.3. The number of hydrogen-bond donors (Lipinski definition) is 3. The molecule has 10 heteroatoms. The molecule has 1 aliphatic carbocycles. The Hall–Kier alpha value is -3.73. The van der Waals surface area contributed by atoms with Crippen molar-refractivity contribution in [2.24, 2.45) is 5.41 Å². The molecular weight excluding hydrogens is 577 g/mol. The number of aryl methyl sites for hydroxylation is 1. The van der Waals surface area contributed by atoms with Gasteiger partial charge < -0.3 is 10.4 Å². The van der Waals surface area contributed by atoms with Crippen molar-refractivity contribution in [3.63, 3.8) is 0 Å². The van der Waals surface area contributed by atoms with Gasteiger partial charge in [-0.05, 0) is 111 Å². The van der Waals surface area contributed by atoms with E-state index >= 15 is 0 Å². The Morgan fingerprint density at radius 3 is 2.77 bits per heavy atom. The number of benzene rings is 1. The summed E-state index contributed by atoms with van der Waals surface area (Å²) in [4.78, 5) is 34.0. The minimum absolute atomic E-state index is 0.0658. The van der Waals surface area contributed by atoms with Crippen molar-refractivity contribution in [2.45, 2.75) is 70.9 Å². The molecule has 0 saturated carbocycles. The lowest BCUT2D eigenvalue weighted by molar-refractivity contribution is 0.0665. The first-order valence-electron chi connectivity index (χ1n) is 15.2. The third-order valence-electron chi connectivity index (χ3n) is 8.97. The fourth-order valence-electron chi connectivity index (χ4n) is 6.32. The number of carbonyl (C=O) groups excluding carboxylic acids is 1. The van der Waals surface area contributed by atoms with Crippen LogP contribution in [0, 0.1) is 11.2 Å². The number of nitrogens with zero attached hydrogens (tertiary/aromatic N) is 3. The van der Waals surface area contributed by atoms with Gasteiger partial charge in [0.25, 0.3) is 5.56 Å². The number of pyridine rings is 1. The van der Waals surface area contributed by atoms with Crippen molar-refractivity contribution < 1.29 is 14.3 Å². The SMILES string of the molecule is CN1CCCC1c1ccc(Nc2cc(-c3ccc(F)c(CCCCC(=O)c4cc5c(s4)CC(C)(C)C5O)c3)n[nH]c2=O)nc1. The molecule has 44 heavy (non-hydrogen) atoms. The third kappa shape index (κ3) is 6.24. The first-order chi connectivity index (χ1) is 21.1. The van der Waals surface area contributed by atoms with Crippen LogP contribution in [0.4, 0.5) is 15.9 Å². The number of hydrogen-bond acceptors (Lipinski definition) is 8. The number of carbonyl (C=O) groups is 1. The van der Waals surface area contributed by atoms with Crippen molar-refractivity contribution in [3.8, 4) is 11.3 Å². The summed E-state index contributed by atoms with van der Waals surface area (Å²) in [5.74, 6) is 0.306. The fourth-order valence-corrected chi connectivity index (χ4v) is 7.72. The number of thiophene rings is 1. The van der Waals surface area contributed by atoms with Gasteiger partial charge in [-0.3, -0.25) is 14.5 Å². The average Bonchev–Trinajstić information content (AvgIpc) is 3.68. The van der Waals surface area contributed by atoms with Gasteiger partial charge >= 0.3 is 0 Å². The maximum absolute atomic E-state index is 14.7. The van der Waals surface area contributed by atoms with E-state index in [1.807, 2.05) is 38.2 Å². The summed E-state index contributed by atoms with van der Waals surface area (Å²) in [5.41, 5.74) is 3.49. The minimum atomic E-state index is -0.540. The van der Waals surface area contributed by atoms with E-state index in [0.717, 1.165) is 35.4 Å². The van der Waals surface area contributed by atoms with E-state index < -0.39 is 6.10 Å². The molecule has 1 aliphatic heterocycles. The number of nitrogens with one attached hydrogen (secondary N) is 2. The van der Waals surface area contributed by atoms with Crippen molar-refractivity contribution in [1.82, 2.24) is 20.1 Å². The number of H-pyrrole nitrogens is 1. The second kappa shape index (κ2) is 12.3. The van der Waals surface area contributed by atoms with Crippen LogP contribution in [0.15, 0.2) is 53.5 Å². The van der Waals surface area contributed by atoms with E-state index in [9.17, 15) is 19.1 Å². The summed E-state index contributed by atoms with van der Waals surface area (Å²) in [6.07, 6.45) is 6.50. The van der Waals surface area contributed by atoms with Gasteiger partial charge in [0, 0.05) is 29.1 Å². The van der Waals surface area contributed by atoms with Crippen LogP contribution >= 0.6 is 11.3 Å². The summed E-state index contributed by atoms with van der Waals surface area (Å²) >= 11 is 1.49. The van der Waals surface area contributed by atoms with Crippen LogP contribution in [0.25, 0.3) is 11.3 Å². The molecule has 0 radical (unpaired) electrons. The number of likely N-dealkylation sites (tertiary alicyclic amines) is 1. The number of aliphatic hydroxyl groups excluding tert-OH is 1. The van der Waals surface area contributed by atoms with Gasteiger partial charge in [0.2, 0.25) is 0 Å². The smallest absolute Gasteiger partial charge is 0.287 e. The van der Waals surface area contributed by atoms with Gasteiger partial charge in [0.1, 0.15) is 17.3 Å². The highest BCUT2D eigenvalue weighted by Gasteiger charge is 2.39. The quantitative estimate of drug-likeness (QED) is 0.134. The van der Waals surface area contributed by atoms with Crippen molar-refractivity contribution in [3.05, 3.63) is 91.3 Å². The first-order valence-corrected chi connectivity index (χ1v) is 16.1. The maximum Gasteiger partial charge on any atom is 0.287 e. The van der Waals surface area contributed by atoms with Gasteiger partial charge in [-0.25, -0.2) is 14.5 Å². The second-order valence-electron chi connectivity index (χ2n) is 12.7. The summed E-state index contributed by atoms with van der Waals surface area (Å²) in [5, 5.41) is 20.4. The Kier molecular flexibility index (Phi) is 8.50. The van der Waals surface area contributed by atoms with Crippen molar-refractivity contribution in [1.29, 1.82) is 0 Å². The van der Waals surface area contributed by atoms with Crippen LogP contribution in [0.2, 0.25) is 0 Å². The molecule has 2 unspecified atom stereocenters. The van der Waals surface area contributed by atoms with E-state index in [0.29, 0.717) is 64.9 Å². The van der Waals surface area contributed by atoms with Crippen LogP contribution in [0.3, 0.4) is 0 Å². The first kappa shape index (κ1) is 30.3. The fraction of sp³-hybridized carbons (Fsp3) is 0.412. The predicted octanol–water partition coefficient (Wildman–Crippen LogP) is 6.75. The molecular formula is C34H38FN5O3S. The molecule has 3 N–H and O–H groups in total. The number of aromatic nitrogens is 3. The summed E-state index contributed by atoms with van der Waals surface area (Å²) < 4.78 is 14.7. The van der Waals surface area contributed by atoms with Crippen molar-refractivity contribution >= 4 is 28.6 Å². The Morgan fingerprint density at radius 2 is 2.05 bits per heavy atom. The molecule has 2 aliphatic rings. The van der Waals surface area contributed by atoms with E-state index in [1.165, 1.54) is 23.8 Å². The van der Waals surface area contributed by atoms with Gasteiger partial charge in [-0.2, -0.15) is 5.10 Å². The lowest BCUT2D eigenvalue weighted by atomic mass is 9.88. The number of anilines is 2. The third-order valence-corrected chi connectivity index (χ3v) is 10.2. The molecule has 0 spiro atoms. The van der Waals surface area contributed by atoms with Crippen LogP contribution in [0.5, 0.6) is 0 Å². The summed E-state index contributed by atoms with van der Waals surface area (Å²) in [6.45, 7) is 5.15. The lowest BCUT2D eigenvalue weighted by Crippen LogP contribution is -2.17. The molecule has 3 aromatic heterocycles. The van der Waals surface area contributed by atoms with E-state index in [4.69, 9.17) is 0 Å². The Labute approximate surface area is 260 Å². The van der Waals surface area contributed by atoms with Gasteiger partial charge in [0.05, 0.1) is 16.7 Å². The number of rotatable bonds is 10. The molecule has 2 atom stereocenters. The molecule has 4 aromatic rings. The molecule has 8 nitrogen and oxygen atoms in total. The minimum Gasteiger partial charge on any atom is -0.388 e. The highest BCUT2D eigenvalue weighted by molar-refractivity contribution is 7.14. The van der Waals surface area contributed by atoms with Gasteiger partial charge in [-0.1, -0.05) is 19.9 Å². The number of unbranched alkanes of at least 4 members (excludes halogenated alkanes) is 1. The Balaban J connectivity index is 1.07. The number of ketones is 1. The highest BCUT2D eigenvalue weighted by Crippen LogP contribution is 2.48. The largest absolute Gasteiger partial charge is 0.388 e. The predicted molar refractivity (Wildman–Crippen MR) is 171 cm³/mol. The number of aromatic amines is 1. The zero-order chi connectivity index (χ0) is 31.0. The summed E-state index contributed by atoms with van der Waals surface area (Å²) in [6, 6.07) is 12.6. The summed E-state index contributed by atoms with van der Waals surface area (Å²) in [7, 11) is 2.12. The number of Topliss-reactive ketones (excluding diaryl/α,β-unsaturated/α-hetero) is 1. The average molecular weight is 616 g/mol. The van der Waals surface area contributed by atoms with Crippen LogP contribution in [0.1, 0.15) is 89.3 Å². The molecule has 0 bridgehead atoms. The zero-order valence-electron chi connectivity index (χ0n) is 25.3. The maximum atomic E-state index is 14.7. The molecule has 1 aromatic carbocycles. The molecule has 0 amide bonds. The van der Waals surface area contributed by atoms with E-state index in [-0.39, 0.29) is 22.6 Å². The molecule has 1 fully saturated rings. The number of fused-ring (bicyclic) bond motifs is 1. The lowest BCUT2D eigenvalue weighted by Gasteiger charge is -2.22. The van der Waals surface area contributed by atoms with Crippen molar-refractivity contribution in [2.75, 3.05) is 18.9 Å². The molecule has 4 heterocycles. The van der Waals surface area contributed by atoms with Crippen LogP contribution in [-0.2, 0) is 12.8 Å². The second-order valence-corrected chi connectivity index (χ2v) is 13.9. The topological polar surface area (TPSA) is 111 Å². The van der Waals surface area contributed by atoms with Gasteiger partial charge in [0.15, 0.2) is 5.78 Å². The highest BCUT2D eigenvalue weighted by atomic mass is 32.1. The van der Waals surface area contributed by atoms with E-state index in [1.54, 1.807) is 18.2 Å². The van der Waals surface area contributed by atoms with Crippen LogP contribution < -0.4 is 10.9 Å². The standard InChI is InChI=1S/C34H38FN5O3S/c1-34(2)18-30-23(32(34)42)16-29(44-30)28(41)9-5-4-7-20-15-21(10-12-24(20)35)25-17-26(33(43)39-38-25)37-31-13-11-22(19-36-31)27-8-6-14-40(27)3/h10-13,15-17,19,27,32,42H,4-9,14,18H2,1-3H3,(H,39,43)(H,36,37,38). The molecule has 6 rings (SSSR count). The monoisotopic (exact) mass is 615 g/mol. The van der Waals surface area contributed by atoms with E-state index in [2.05, 4.69) is 32.4 Å². The molecule has 230 valence electrons. The number of halogens is 1. The Morgan fingerprint density at radius 1 is 1.20 bits per heavy atom. The number of aliphatic hydroxyl groups is 1. The molecule has 1 saturated heterocycles. The Bertz CT molecular complexity index is 1730.